The van der Waals surface area contributed by atoms with Crippen molar-refractivity contribution < 1.29 is 22.8 Å². The molecule has 0 saturated heterocycles. The molecule has 8 nitrogen and oxygen atoms in total. The molecule has 2 heterocycles. The number of anilines is 2. The van der Waals surface area contributed by atoms with E-state index in [1.54, 1.807) is 30.3 Å². The Kier molecular flexibility index (Phi) is 6.87. The summed E-state index contributed by atoms with van der Waals surface area (Å²) in [5.41, 5.74) is -0.319. The maximum atomic E-state index is 13.0. The molecule has 12 heteroatoms. The van der Waals surface area contributed by atoms with Crippen molar-refractivity contribution in [2.24, 2.45) is 0 Å². The minimum atomic E-state index is -4.69. The fourth-order valence-corrected chi connectivity index (χ4v) is 3.14. The summed E-state index contributed by atoms with van der Waals surface area (Å²) in [6.45, 7) is 3.55. The van der Waals surface area contributed by atoms with Gasteiger partial charge in [-0.3, -0.25) is 19.0 Å². The van der Waals surface area contributed by atoms with E-state index in [2.05, 4.69) is 20.8 Å². The van der Waals surface area contributed by atoms with Crippen LogP contribution in [0.4, 0.5) is 24.5 Å². The topological polar surface area (TPSA) is 93.8 Å². The number of carbonyl (C=O) groups excluding carboxylic acids is 2. The zero-order valence-electron chi connectivity index (χ0n) is 17.2. The molecule has 2 N–H and O–H groups in total. The van der Waals surface area contributed by atoms with Gasteiger partial charge in [-0.05, 0) is 26.0 Å². The van der Waals surface area contributed by atoms with Crippen LogP contribution in [0.5, 0.6) is 0 Å². The van der Waals surface area contributed by atoms with Crippen molar-refractivity contribution >= 4 is 34.8 Å². The lowest BCUT2D eigenvalue weighted by atomic mass is 10.3. The van der Waals surface area contributed by atoms with Crippen LogP contribution >= 0.6 is 11.6 Å². The molecule has 3 aromatic rings. The van der Waals surface area contributed by atoms with E-state index >= 15 is 0 Å². The Morgan fingerprint density at radius 1 is 1.12 bits per heavy atom. The average Bonchev–Trinajstić information content (AvgIpc) is 3.28. The zero-order chi connectivity index (χ0) is 23.5. The van der Waals surface area contributed by atoms with Crippen LogP contribution in [-0.4, -0.2) is 31.4 Å². The van der Waals surface area contributed by atoms with Crippen molar-refractivity contribution in [3.63, 3.8) is 0 Å². The summed E-state index contributed by atoms with van der Waals surface area (Å²) in [6.07, 6.45) is -3.37. The second-order valence-electron chi connectivity index (χ2n) is 6.83. The van der Waals surface area contributed by atoms with Crippen LogP contribution in [0.25, 0.3) is 0 Å². The standard InChI is InChI=1S/C20H20ClF3N6O2/c1-3-29-11-14(17(27-29)19(32)25-13-7-5-4-6-8-13)26-15(31)9-10-30-12(2)16(21)18(28-30)20(22,23)24/h4-8,11H,3,9-10H2,1-2H3,(H,25,32)(H,26,31). The first-order valence-corrected chi connectivity index (χ1v) is 10.0. The van der Waals surface area contributed by atoms with Crippen LogP contribution < -0.4 is 10.6 Å². The van der Waals surface area contributed by atoms with Crippen LogP contribution in [0.1, 0.15) is 35.2 Å². The SMILES string of the molecule is CCn1cc(NC(=O)CCn2nc(C(F)(F)F)c(Cl)c2C)c(C(=O)Nc2ccccc2)n1. The van der Waals surface area contributed by atoms with Crippen molar-refractivity contribution in [1.29, 1.82) is 0 Å². The van der Waals surface area contributed by atoms with Gasteiger partial charge in [0.25, 0.3) is 5.91 Å². The van der Waals surface area contributed by atoms with E-state index in [1.807, 2.05) is 6.92 Å². The van der Waals surface area contributed by atoms with Gasteiger partial charge in [0, 0.05) is 24.8 Å². The molecule has 0 unspecified atom stereocenters. The van der Waals surface area contributed by atoms with Crippen LogP contribution in [-0.2, 0) is 24.1 Å². The second kappa shape index (κ2) is 9.43. The molecule has 0 aliphatic heterocycles. The smallest absolute Gasteiger partial charge is 0.323 e. The second-order valence-corrected chi connectivity index (χ2v) is 7.21. The molecule has 3 rings (SSSR count). The molecule has 170 valence electrons. The lowest BCUT2D eigenvalue weighted by Gasteiger charge is -2.07. The summed E-state index contributed by atoms with van der Waals surface area (Å²) in [5.74, 6) is -1.03. The van der Waals surface area contributed by atoms with Gasteiger partial charge in [-0.25, -0.2) is 0 Å². The molecule has 0 spiro atoms. The maximum absolute atomic E-state index is 13.0. The number of rotatable bonds is 7. The Morgan fingerprint density at radius 2 is 1.81 bits per heavy atom. The Labute approximate surface area is 186 Å². The van der Waals surface area contributed by atoms with Crippen LogP contribution in [0, 0.1) is 6.92 Å². The van der Waals surface area contributed by atoms with Gasteiger partial charge in [-0.15, -0.1) is 0 Å². The summed E-state index contributed by atoms with van der Waals surface area (Å²) in [4.78, 5) is 25.1. The molecular formula is C20H20ClF3N6O2. The van der Waals surface area contributed by atoms with Gasteiger partial charge in [0.05, 0.1) is 22.9 Å². The van der Waals surface area contributed by atoms with Gasteiger partial charge in [0.1, 0.15) is 0 Å². The Bertz CT molecular complexity index is 1120. The minimum absolute atomic E-state index is 0.0155. The maximum Gasteiger partial charge on any atom is 0.436 e. The number of aryl methyl sites for hydroxylation is 2. The molecule has 0 bridgehead atoms. The lowest BCUT2D eigenvalue weighted by molar-refractivity contribution is -0.141. The molecule has 32 heavy (non-hydrogen) atoms. The first-order chi connectivity index (χ1) is 15.1. The number of hydrogen-bond acceptors (Lipinski definition) is 4. The molecule has 0 aliphatic carbocycles. The van der Waals surface area contributed by atoms with Gasteiger partial charge in [0.15, 0.2) is 11.4 Å². The van der Waals surface area contributed by atoms with Crippen LogP contribution in [0.2, 0.25) is 5.02 Å². The van der Waals surface area contributed by atoms with E-state index in [-0.39, 0.29) is 30.0 Å². The highest BCUT2D eigenvalue weighted by atomic mass is 35.5. The first-order valence-electron chi connectivity index (χ1n) is 9.64. The third kappa shape index (κ3) is 5.28. The Balaban J connectivity index is 1.70. The van der Waals surface area contributed by atoms with E-state index in [9.17, 15) is 22.8 Å². The van der Waals surface area contributed by atoms with Gasteiger partial charge >= 0.3 is 6.18 Å². The Hall–Kier alpha value is -3.34. The predicted molar refractivity (Wildman–Crippen MR) is 113 cm³/mol. The Morgan fingerprint density at radius 3 is 2.41 bits per heavy atom. The number of carbonyl (C=O) groups is 2. The van der Waals surface area contributed by atoms with Crippen molar-refractivity contribution in [2.75, 3.05) is 10.6 Å². The number of aromatic nitrogens is 4. The number of benzene rings is 1. The molecule has 0 radical (unpaired) electrons. The highest BCUT2D eigenvalue weighted by Gasteiger charge is 2.38. The molecule has 0 saturated carbocycles. The van der Waals surface area contributed by atoms with Crippen LogP contribution in [0.3, 0.4) is 0 Å². The lowest BCUT2D eigenvalue weighted by Crippen LogP contribution is -2.19. The van der Waals surface area contributed by atoms with E-state index in [1.165, 1.54) is 17.8 Å². The molecular weight excluding hydrogens is 449 g/mol. The van der Waals surface area contributed by atoms with E-state index in [0.29, 0.717) is 12.2 Å². The van der Waals surface area contributed by atoms with Crippen molar-refractivity contribution in [2.45, 2.75) is 39.5 Å². The molecule has 0 aliphatic rings. The fourth-order valence-electron chi connectivity index (χ4n) is 2.90. The largest absolute Gasteiger partial charge is 0.436 e. The number of nitrogens with one attached hydrogen (secondary N) is 2. The first kappa shape index (κ1) is 23.3. The highest BCUT2D eigenvalue weighted by molar-refractivity contribution is 6.31. The van der Waals surface area contributed by atoms with Crippen molar-refractivity contribution in [3.8, 4) is 0 Å². The quantitative estimate of drug-likeness (QED) is 0.538. The molecule has 1 aromatic carbocycles. The molecule has 2 aromatic heterocycles. The number of alkyl halides is 3. The molecule has 2 amide bonds. The summed E-state index contributed by atoms with van der Waals surface area (Å²) in [5, 5.41) is 12.4. The number of nitrogens with zero attached hydrogens (tertiary/aromatic N) is 4. The normalized spacial score (nSPS) is 11.4. The van der Waals surface area contributed by atoms with Gasteiger partial charge < -0.3 is 10.6 Å². The van der Waals surface area contributed by atoms with E-state index < -0.39 is 28.7 Å². The molecule has 0 atom stereocenters. The number of hydrogen-bond donors (Lipinski definition) is 2. The minimum Gasteiger partial charge on any atom is -0.323 e. The van der Waals surface area contributed by atoms with Gasteiger partial charge in [-0.2, -0.15) is 23.4 Å². The van der Waals surface area contributed by atoms with E-state index in [0.717, 1.165) is 4.68 Å². The summed E-state index contributed by atoms with van der Waals surface area (Å²) in [6, 6.07) is 8.74. The zero-order valence-corrected chi connectivity index (χ0v) is 18.0. The van der Waals surface area contributed by atoms with Crippen LogP contribution in [0.15, 0.2) is 36.5 Å². The summed E-state index contributed by atoms with van der Waals surface area (Å²) >= 11 is 5.73. The van der Waals surface area contributed by atoms with Gasteiger partial charge in [-0.1, -0.05) is 29.8 Å². The summed E-state index contributed by atoms with van der Waals surface area (Å²) < 4.78 is 41.4. The van der Waals surface area contributed by atoms with Crippen molar-refractivity contribution in [1.82, 2.24) is 19.6 Å². The fraction of sp³-hybridized carbons (Fsp3) is 0.300. The summed E-state index contributed by atoms with van der Waals surface area (Å²) in [7, 11) is 0. The number of halogens is 4. The number of amides is 2. The third-order valence-electron chi connectivity index (χ3n) is 4.56. The average molecular weight is 469 g/mol. The third-order valence-corrected chi connectivity index (χ3v) is 5.01. The van der Waals surface area contributed by atoms with E-state index in [4.69, 9.17) is 11.6 Å². The highest BCUT2D eigenvalue weighted by Crippen LogP contribution is 2.35. The van der Waals surface area contributed by atoms with Gasteiger partial charge in [0.2, 0.25) is 5.91 Å². The molecule has 0 fully saturated rings. The number of para-hydroxylation sites is 1. The predicted octanol–water partition coefficient (Wildman–Crippen LogP) is 4.36. The van der Waals surface area contributed by atoms with Crippen molar-refractivity contribution in [3.05, 3.63) is 58.6 Å². The monoisotopic (exact) mass is 468 g/mol.